The molecule has 0 spiro atoms. The number of rotatable bonds is 4. The number of aromatic nitrogens is 1. The van der Waals surface area contributed by atoms with Crippen LogP contribution in [-0.4, -0.2) is 23.9 Å². The molecule has 2 heterocycles. The highest BCUT2D eigenvalue weighted by molar-refractivity contribution is 6.33. The highest BCUT2D eigenvalue weighted by atomic mass is 35.5. The molecule has 1 aliphatic carbocycles. The Labute approximate surface area is 166 Å². The zero-order valence-corrected chi connectivity index (χ0v) is 15.6. The standard InChI is InChI=1S/C21H16ClN3O3/c22-16-9-20-19(27-11-28-20)7-13(16)10-23-25-21(26)15-8-18(12-5-6-12)24-17-4-2-1-3-14(15)17/h1-4,7-10,12H,5-6,11H2,(H,25,26)/b23-10-. The number of halogens is 1. The predicted octanol–water partition coefficient (Wildman–Crippen LogP) is 4.26. The monoisotopic (exact) mass is 393 g/mol. The van der Waals surface area contributed by atoms with Gasteiger partial charge in [-0.05, 0) is 31.0 Å². The van der Waals surface area contributed by atoms with Crippen LogP contribution in [0.5, 0.6) is 11.5 Å². The molecule has 5 rings (SSSR count). The molecule has 0 bridgehead atoms. The molecular formula is C21H16ClN3O3. The van der Waals surface area contributed by atoms with Gasteiger partial charge < -0.3 is 9.47 Å². The SMILES string of the molecule is O=C(N/N=C\c1cc2c(cc1Cl)OCO2)c1cc(C2CC2)nc2ccccc12. The largest absolute Gasteiger partial charge is 0.454 e. The zero-order chi connectivity index (χ0) is 19.1. The molecule has 2 aromatic carbocycles. The van der Waals surface area contributed by atoms with E-state index in [2.05, 4.69) is 10.5 Å². The van der Waals surface area contributed by atoms with E-state index in [1.807, 2.05) is 30.3 Å². The lowest BCUT2D eigenvalue weighted by molar-refractivity contribution is 0.0956. The van der Waals surface area contributed by atoms with Gasteiger partial charge in [0.15, 0.2) is 11.5 Å². The van der Waals surface area contributed by atoms with Crippen molar-refractivity contribution in [3.8, 4) is 11.5 Å². The van der Waals surface area contributed by atoms with Crippen LogP contribution in [0.15, 0.2) is 47.6 Å². The summed E-state index contributed by atoms with van der Waals surface area (Å²) in [7, 11) is 0. The van der Waals surface area contributed by atoms with Gasteiger partial charge in [0, 0.05) is 28.6 Å². The molecule has 0 radical (unpaired) electrons. The minimum atomic E-state index is -0.284. The van der Waals surface area contributed by atoms with Crippen LogP contribution in [0.25, 0.3) is 10.9 Å². The first-order valence-electron chi connectivity index (χ1n) is 9.01. The summed E-state index contributed by atoms with van der Waals surface area (Å²) in [5.74, 6) is 1.37. The molecule has 1 amide bonds. The number of para-hydroxylation sites is 1. The number of carbonyl (C=O) groups excluding carboxylic acids is 1. The quantitative estimate of drug-likeness (QED) is 0.531. The van der Waals surface area contributed by atoms with Crippen LogP contribution in [0.3, 0.4) is 0 Å². The minimum Gasteiger partial charge on any atom is -0.454 e. The molecule has 0 unspecified atom stereocenters. The third kappa shape index (κ3) is 3.16. The maximum atomic E-state index is 12.8. The lowest BCUT2D eigenvalue weighted by Crippen LogP contribution is -2.18. The third-order valence-electron chi connectivity index (χ3n) is 4.84. The van der Waals surface area contributed by atoms with Crippen LogP contribution in [-0.2, 0) is 0 Å². The summed E-state index contributed by atoms with van der Waals surface area (Å²) in [4.78, 5) is 17.5. The highest BCUT2D eigenvalue weighted by Gasteiger charge is 2.27. The molecule has 0 saturated heterocycles. The fourth-order valence-corrected chi connectivity index (χ4v) is 3.43. The van der Waals surface area contributed by atoms with E-state index in [0.717, 1.165) is 29.4 Å². The Morgan fingerprint density at radius 3 is 2.79 bits per heavy atom. The molecule has 1 saturated carbocycles. The van der Waals surface area contributed by atoms with Gasteiger partial charge in [-0.15, -0.1) is 0 Å². The highest BCUT2D eigenvalue weighted by Crippen LogP contribution is 2.40. The normalized spacial score (nSPS) is 15.3. The molecule has 1 aromatic heterocycles. The van der Waals surface area contributed by atoms with Crippen molar-refractivity contribution in [3.63, 3.8) is 0 Å². The number of carbonyl (C=O) groups is 1. The molecule has 6 nitrogen and oxygen atoms in total. The van der Waals surface area contributed by atoms with Gasteiger partial charge in [-0.2, -0.15) is 5.10 Å². The van der Waals surface area contributed by atoms with Crippen molar-refractivity contribution >= 4 is 34.6 Å². The van der Waals surface area contributed by atoms with Crippen molar-refractivity contribution in [2.75, 3.05) is 6.79 Å². The van der Waals surface area contributed by atoms with Crippen molar-refractivity contribution in [2.45, 2.75) is 18.8 Å². The molecular weight excluding hydrogens is 378 g/mol. The number of pyridine rings is 1. The van der Waals surface area contributed by atoms with E-state index >= 15 is 0 Å². The summed E-state index contributed by atoms with van der Waals surface area (Å²) in [5, 5.41) is 5.35. The summed E-state index contributed by atoms with van der Waals surface area (Å²) in [6, 6.07) is 12.9. The molecule has 2 aliphatic rings. The number of ether oxygens (including phenoxy) is 2. The van der Waals surface area contributed by atoms with Crippen molar-refractivity contribution in [2.24, 2.45) is 5.10 Å². The number of benzene rings is 2. The summed E-state index contributed by atoms with van der Waals surface area (Å²) in [5.41, 5.74) is 5.58. The molecule has 7 heteroatoms. The Kier molecular flexibility index (Phi) is 4.13. The van der Waals surface area contributed by atoms with Gasteiger partial charge in [0.25, 0.3) is 5.91 Å². The molecule has 3 aromatic rings. The fraction of sp³-hybridized carbons (Fsp3) is 0.190. The minimum absolute atomic E-state index is 0.168. The molecule has 1 fully saturated rings. The Morgan fingerprint density at radius 2 is 1.96 bits per heavy atom. The van der Waals surface area contributed by atoms with E-state index < -0.39 is 0 Å². The second-order valence-electron chi connectivity index (χ2n) is 6.81. The van der Waals surface area contributed by atoms with Crippen molar-refractivity contribution in [1.29, 1.82) is 0 Å². The van der Waals surface area contributed by atoms with E-state index in [0.29, 0.717) is 33.6 Å². The van der Waals surface area contributed by atoms with E-state index in [1.165, 1.54) is 6.21 Å². The van der Waals surface area contributed by atoms with E-state index in [9.17, 15) is 4.79 Å². The molecule has 0 atom stereocenters. The predicted molar refractivity (Wildman–Crippen MR) is 106 cm³/mol. The second kappa shape index (κ2) is 6.80. The Bertz CT molecular complexity index is 1130. The van der Waals surface area contributed by atoms with Gasteiger partial charge >= 0.3 is 0 Å². The van der Waals surface area contributed by atoms with Crippen LogP contribution >= 0.6 is 11.6 Å². The Balaban J connectivity index is 1.41. The van der Waals surface area contributed by atoms with E-state index in [1.54, 1.807) is 12.1 Å². The number of nitrogens with zero attached hydrogens (tertiary/aromatic N) is 2. The van der Waals surface area contributed by atoms with E-state index in [-0.39, 0.29) is 12.7 Å². The van der Waals surface area contributed by atoms with Crippen molar-refractivity contribution in [1.82, 2.24) is 10.4 Å². The fourth-order valence-electron chi connectivity index (χ4n) is 3.22. The average molecular weight is 394 g/mol. The lowest BCUT2D eigenvalue weighted by Gasteiger charge is -2.08. The molecule has 140 valence electrons. The Hall–Kier alpha value is -3.12. The zero-order valence-electron chi connectivity index (χ0n) is 14.8. The number of amides is 1. The topological polar surface area (TPSA) is 72.8 Å². The Morgan fingerprint density at radius 1 is 1.18 bits per heavy atom. The first-order chi connectivity index (χ1) is 13.7. The summed E-state index contributed by atoms with van der Waals surface area (Å²) in [6.07, 6.45) is 3.73. The lowest BCUT2D eigenvalue weighted by atomic mass is 10.1. The summed E-state index contributed by atoms with van der Waals surface area (Å²) < 4.78 is 10.6. The molecule has 1 N–H and O–H groups in total. The van der Waals surface area contributed by atoms with Crippen LogP contribution in [0.1, 0.15) is 40.4 Å². The number of hydrazone groups is 1. The van der Waals surface area contributed by atoms with Crippen LogP contribution in [0.2, 0.25) is 5.02 Å². The summed E-state index contributed by atoms with van der Waals surface area (Å²) in [6.45, 7) is 0.168. The van der Waals surface area contributed by atoms with Crippen molar-refractivity contribution in [3.05, 3.63) is 64.3 Å². The van der Waals surface area contributed by atoms with Crippen LogP contribution in [0.4, 0.5) is 0 Å². The summed E-state index contributed by atoms with van der Waals surface area (Å²) >= 11 is 6.23. The number of hydrogen-bond acceptors (Lipinski definition) is 5. The van der Waals surface area contributed by atoms with Gasteiger partial charge in [-0.25, -0.2) is 5.43 Å². The van der Waals surface area contributed by atoms with Gasteiger partial charge in [0.2, 0.25) is 6.79 Å². The molecule has 28 heavy (non-hydrogen) atoms. The van der Waals surface area contributed by atoms with Crippen LogP contribution < -0.4 is 14.9 Å². The van der Waals surface area contributed by atoms with Gasteiger partial charge in [-0.3, -0.25) is 9.78 Å². The third-order valence-corrected chi connectivity index (χ3v) is 5.17. The van der Waals surface area contributed by atoms with Crippen LogP contribution in [0, 0.1) is 0 Å². The maximum Gasteiger partial charge on any atom is 0.272 e. The average Bonchev–Trinajstić information content (AvgIpc) is 3.46. The number of hydrogen-bond donors (Lipinski definition) is 1. The first kappa shape index (κ1) is 17.0. The van der Waals surface area contributed by atoms with Crippen molar-refractivity contribution < 1.29 is 14.3 Å². The number of fused-ring (bicyclic) bond motifs is 2. The smallest absolute Gasteiger partial charge is 0.272 e. The maximum absolute atomic E-state index is 12.8. The first-order valence-corrected chi connectivity index (χ1v) is 9.39. The van der Waals surface area contributed by atoms with Gasteiger partial charge in [0.1, 0.15) is 0 Å². The van der Waals surface area contributed by atoms with E-state index in [4.69, 9.17) is 26.1 Å². The number of nitrogens with one attached hydrogen (secondary N) is 1. The molecule has 1 aliphatic heterocycles. The van der Waals surface area contributed by atoms with Gasteiger partial charge in [0.05, 0.1) is 22.3 Å². The second-order valence-corrected chi connectivity index (χ2v) is 7.22. The van der Waals surface area contributed by atoms with Gasteiger partial charge in [-0.1, -0.05) is 29.8 Å².